The van der Waals surface area contributed by atoms with Gasteiger partial charge in [0.2, 0.25) is 5.91 Å². The van der Waals surface area contributed by atoms with E-state index < -0.39 is 23.5 Å². The third-order valence-corrected chi connectivity index (χ3v) is 4.19. The first-order chi connectivity index (χ1) is 11.3. The van der Waals surface area contributed by atoms with Crippen LogP contribution in [0.2, 0.25) is 0 Å². The van der Waals surface area contributed by atoms with E-state index in [2.05, 4.69) is 0 Å². The molecule has 0 saturated heterocycles. The summed E-state index contributed by atoms with van der Waals surface area (Å²) in [5.41, 5.74) is 7.92. The maximum absolute atomic E-state index is 13.7. The lowest BCUT2D eigenvalue weighted by molar-refractivity contribution is -0.132. The highest BCUT2D eigenvalue weighted by molar-refractivity contribution is 5.85. The molecule has 1 aliphatic heterocycles. The van der Waals surface area contributed by atoms with Gasteiger partial charge in [0.05, 0.1) is 0 Å². The monoisotopic (exact) mass is 409 g/mol. The molecule has 4 nitrogen and oxygen atoms in total. The Morgan fingerprint density at radius 1 is 1.15 bits per heavy atom. The number of hydrogen-bond acceptors (Lipinski definition) is 2. The van der Waals surface area contributed by atoms with E-state index in [0.29, 0.717) is 19.2 Å². The molecule has 2 heterocycles. The van der Waals surface area contributed by atoms with Crippen molar-refractivity contribution in [1.29, 1.82) is 0 Å². The number of amides is 1. The third-order valence-electron chi connectivity index (χ3n) is 4.19. The van der Waals surface area contributed by atoms with E-state index in [4.69, 9.17) is 5.73 Å². The number of carbonyl (C=O) groups is 1. The molecule has 0 radical (unpaired) electrons. The molecule has 3 rings (SSSR count). The Morgan fingerprint density at radius 2 is 1.73 bits per heavy atom. The maximum atomic E-state index is 13.7. The number of benzene rings is 1. The van der Waals surface area contributed by atoms with Crippen LogP contribution in [0.5, 0.6) is 0 Å². The lowest BCUT2D eigenvalue weighted by Crippen LogP contribution is -2.34. The minimum Gasteiger partial charge on any atom is -0.357 e. The highest BCUT2D eigenvalue weighted by atomic mass is 35.5. The molecule has 144 valence electrons. The number of carbonyl (C=O) groups excluding carboxylic acids is 1. The van der Waals surface area contributed by atoms with Crippen LogP contribution in [-0.2, 0) is 31.4 Å². The lowest BCUT2D eigenvalue weighted by Gasteiger charge is -2.19. The van der Waals surface area contributed by atoms with Crippen molar-refractivity contribution in [2.75, 3.05) is 0 Å². The number of nitrogens with zero attached hydrogens (tertiary/aromatic N) is 2. The topological polar surface area (TPSA) is 51.3 Å². The largest absolute Gasteiger partial charge is 0.357 e. The van der Waals surface area contributed by atoms with Crippen molar-refractivity contribution in [1.82, 2.24) is 9.47 Å². The van der Waals surface area contributed by atoms with Gasteiger partial charge in [-0.25, -0.2) is 13.2 Å². The fourth-order valence-corrected chi connectivity index (χ4v) is 3.09. The fraction of sp³-hybridized carbons (Fsp3) is 0.353. The number of halogens is 5. The van der Waals surface area contributed by atoms with Crippen LogP contribution in [0.25, 0.3) is 0 Å². The summed E-state index contributed by atoms with van der Waals surface area (Å²) in [6, 6.07) is 0.685. The summed E-state index contributed by atoms with van der Waals surface area (Å²) in [7, 11) is 1.92. The molecule has 26 heavy (non-hydrogen) atoms. The van der Waals surface area contributed by atoms with Crippen molar-refractivity contribution in [2.45, 2.75) is 32.0 Å². The summed E-state index contributed by atoms with van der Waals surface area (Å²) < 4.78 is 42.0. The molecule has 0 fully saturated rings. The van der Waals surface area contributed by atoms with Crippen LogP contribution in [0.3, 0.4) is 0 Å². The van der Waals surface area contributed by atoms with Crippen LogP contribution >= 0.6 is 24.8 Å². The zero-order chi connectivity index (χ0) is 17.4. The minimum absolute atomic E-state index is 0. The van der Waals surface area contributed by atoms with Gasteiger partial charge >= 0.3 is 0 Å². The highest BCUT2D eigenvalue weighted by Crippen LogP contribution is 2.24. The summed E-state index contributed by atoms with van der Waals surface area (Å²) >= 11 is 0. The summed E-state index contributed by atoms with van der Waals surface area (Å²) in [5.74, 6) is -3.39. The number of rotatable bonds is 4. The van der Waals surface area contributed by atoms with Crippen molar-refractivity contribution < 1.29 is 18.0 Å². The van der Waals surface area contributed by atoms with Crippen LogP contribution in [0.1, 0.15) is 23.1 Å². The third kappa shape index (κ3) is 4.72. The Bertz CT molecular complexity index is 774. The second-order valence-electron chi connectivity index (χ2n) is 6.25. The van der Waals surface area contributed by atoms with Crippen molar-refractivity contribution in [3.8, 4) is 0 Å². The van der Waals surface area contributed by atoms with Crippen molar-refractivity contribution in [2.24, 2.45) is 12.8 Å². The molecule has 0 unspecified atom stereocenters. The van der Waals surface area contributed by atoms with E-state index in [1.807, 2.05) is 24.0 Å². The van der Waals surface area contributed by atoms with Crippen molar-refractivity contribution in [3.63, 3.8) is 0 Å². The maximum Gasteiger partial charge on any atom is 0.224 e. The molecule has 9 heteroatoms. The summed E-state index contributed by atoms with van der Waals surface area (Å²) in [6.45, 7) is 1.04. The van der Waals surface area contributed by atoms with Gasteiger partial charge in [0, 0.05) is 51.1 Å². The summed E-state index contributed by atoms with van der Waals surface area (Å²) in [6.07, 6.45) is 3.82. The van der Waals surface area contributed by atoms with Gasteiger partial charge in [-0.3, -0.25) is 4.79 Å². The fourth-order valence-electron chi connectivity index (χ4n) is 3.09. The molecule has 1 amide bonds. The Hall–Kier alpha value is -1.70. The molecule has 0 saturated carbocycles. The van der Waals surface area contributed by atoms with Crippen LogP contribution in [0.15, 0.2) is 24.5 Å². The van der Waals surface area contributed by atoms with E-state index in [0.717, 1.165) is 17.2 Å². The van der Waals surface area contributed by atoms with Gasteiger partial charge in [-0.05, 0) is 29.2 Å². The summed E-state index contributed by atoms with van der Waals surface area (Å²) in [5, 5.41) is 0. The van der Waals surface area contributed by atoms with Crippen LogP contribution in [0.4, 0.5) is 13.2 Å². The first-order valence-electron chi connectivity index (χ1n) is 7.64. The smallest absolute Gasteiger partial charge is 0.224 e. The SMILES string of the molecule is Cl.Cl.Cn1cc2c(c1)CN(C(=O)C[C@H](N)Cc1cc(F)cc(F)c1F)C2. The van der Waals surface area contributed by atoms with Crippen LogP contribution in [0, 0.1) is 17.5 Å². The molecule has 2 N–H and O–H groups in total. The van der Waals surface area contributed by atoms with Gasteiger partial charge < -0.3 is 15.2 Å². The zero-order valence-electron chi connectivity index (χ0n) is 14.0. The normalized spacial score (nSPS) is 13.7. The van der Waals surface area contributed by atoms with Gasteiger partial charge in [0.15, 0.2) is 11.6 Å². The van der Waals surface area contributed by atoms with E-state index >= 15 is 0 Å². The van der Waals surface area contributed by atoms with Crippen LogP contribution in [-0.4, -0.2) is 21.4 Å². The Labute approximate surface area is 162 Å². The Morgan fingerprint density at radius 3 is 2.31 bits per heavy atom. The number of fused-ring (bicyclic) bond motifs is 1. The molecular formula is C17H20Cl2F3N3O. The van der Waals surface area contributed by atoms with Gasteiger partial charge in [-0.2, -0.15) is 0 Å². The first-order valence-corrected chi connectivity index (χ1v) is 7.64. The highest BCUT2D eigenvalue weighted by Gasteiger charge is 2.26. The second kappa shape index (κ2) is 8.79. The second-order valence-corrected chi connectivity index (χ2v) is 6.25. The number of aryl methyl sites for hydroxylation is 1. The van der Waals surface area contributed by atoms with Gasteiger partial charge in [0.25, 0.3) is 0 Å². The quantitative estimate of drug-likeness (QED) is 0.788. The minimum atomic E-state index is -1.25. The molecule has 1 aliphatic rings. The number of hydrogen-bond donors (Lipinski definition) is 1. The molecule has 0 aliphatic carbocycles. The Balaban J connectivity index is 0.00000169. The van der Waals surface area contributed by atoms with Crippen LogP contribution < -0.4 is 5.73 Å². The molecule has 0 spiro atoms. The van der Waals surface area contributed by atoms with Gasteiger partial charge in [0.1, 0.15) is 5.82 Å². The molecule has 1 aromatic carbocycles. The van der Waals surface area contributed by atoms with Gasteiger partial charge in [-0.1, -0.05) is 0 Å². The average molecular weight is 410 g/mol. The molecule has 2 aromatic rings. The van der Waals surface area contributed by atoms with E-state index in [1.165, 1.54) is 0 Å². The van der Waals surface area contributed by atoms with E-state index in [-0.39, 0.29) is 49.1 Å². The first kappa shape index (κ1) is 22.3. The molecular weight excluding hydrogens is 390 g/mol. The van der Waals surface area contributed by atoms with Gasteiger partial charge in [-0.15, -0.1) is 24.8 Å². The van der Waals surface area contributed by atoms with E-state index in [9.17, 15) is 18.0 Å². The van der Waals surface area contributed by atoms with Crippen molar-refractivity contribution >= 4 is 30.7 Å². The Kier molecular flexibility index (Phi) is 7.56. The summed E-state index contributed by atoms with van der Waals surface area (Å²) in [4.78, 5) is 14.0. The predicted molar refractivity (Wildman–Crippen MR) is 96.8 cm³/mol. The zero-order valence-corrected chi connectivity index (χ0v) is 15.7. The number of aromatic nitrogens is 1. The molecule has 1 aromatic heterocycles. The number of nitrogens with two attached hydrogens (primary N) is 1. The predicted octanol–water partition coefficient (Wildman–Crippen LogP) is 3.09. The lowest BCUT2D eigenvalue weighted by atomic mass is 10.0. The molecule has 0 bridgehead atoms. The van der Waals surface area contributed by atoms with Crippen molar-refractivity contribution in [3.05, 3.63) is 58.7 Å². The molecule has 1 atom stereocenters. The standard InChI is InChI=1S/C17H18F3N3O.2ClH/c1-22-6-11-8-23(9-12(11)7-22)16(24)5-14(21)3-10-2-13(18)4-15(19)17(10)20;;/h2,4,6-7,14H,3,5,8-9,21H2,1H3;2*1H/t14-;;/m1../s1. The average Bonchev–Trinajstić information content (AvgIpc) is 3.01. The van der Waals surface area contributed by atoms with E-state index in [1.54, 1.807) is 4.90 Å².